The van der Waals surface area contributed by atoms with E-state index >= 15 is 0 Å². The zero-order valence-corrected chi connectivity index (χ0v) is 11.8. The van der Waals surface area contributed by atoms with E-state index in [1.165, 1.54) is 5.82 Å². The number of aryl methyl sites for hydroxylation is 2. The van der Waals surface area contributed by atoms with Crippen LogP contribution in [0.2, 0.25) is 0 Å². The van der Waals surface area contributed by atoms with Crippen LogP contribution in [0.3, 0.4) is 0 Å². The van der Waals surface area contributed by atoms with Gasteiger partial charge in [-0.25, -0.2) is 4.98 Å². The van der Waals surface area contributed by atoms with Gasteiger partial charge in [-0.3, -0.25) is 0 Å². The Hall–Kier alpha value is -1.55. The minimum absolute atomic E-state index is 0.433. The number of hydrogen-bond donors (Lipinski definition) is 1. The molecule has 2 rings (SSSR count). The molecule has 0 radical (unpaired) electrons. The highest BCUT2D eigenvalue weighted by molar-refractivity contribution is 5.00. The lowest BCUT2D eigenvalue weighted by Gasteiger charge is -2.16. The minimum Gasteiger partial charge on any atom is -0.469 e. The lowest BCUT2D eigenvalue weighted by molar-refractivity contribution is 0.450. The molecule has 0 aliphatic heterocycles. The lowest BCUT2D eigenvalue weighted by Crippen LogP contribution is -2.29. The molecule has 19 heavy (non-hydrogen) atoms. The summed E-state index contributed by atoms with van der Waals surface area (Å²) in [4.78, 5) is 4.47. The van der Waals surface area contributed by atoms with Crippen LogP contribution >= 0.6 is 0 Å². The number of imidazole rings is 1. The van der Waals surface area contributed by atoms with E-state index in [1.54, 1.807) is 6.26 Å². The number of furan rings is 1. The van der Waals surface area contributed by atoms with Gasteiger partial charge in [0, 0.05) is 37.8 Å². The zero-order valence-electron chi connectivity index (χ0n) is 11.8. The minimum atomic E-state index is 0.433. The summed E-state index contributed by atoms with van der Waals surface area (Å²) in [5, 5.41) is 3.38. The largest absolute Gasteiger partial charge is 0.469 e. The van der Waals surface area contributed by atoms with Crippen molar-refractivity contribution in [3.05, 3.63) is 42.4 Å². The van der Waals surface area contributed by atoms with E-state index in [9.17, 15) is 0 Å². The smallest absolute Gasteiger partial charge is 0.110 e. The van der Waals surface area contributed by atoms with Crippen LogP contribution in [-0.2, 0) is 19.4 Å². The first-order valence-electron chi connectivity index (χ1n) is 7.03. The highest BCUT2D eigenvalue weighted by atomic mass is 16.3. The normalized spacial score (nSPS) is 12.7. The fourth-order valence-corrected chi connectivity index (χ4v) is 2.31. The third-order valence-corrected chi connectivity index (χ3v) is 3.42. The molecule has 4 nitrogen and oxygen atoms in total. The van der Waals surface area contributed by atoms with Crippen LogP contribution in [0, 0.1) is 0 Å². The molecule has 2 aromatic rings. The second-order valence-corrected chi connectivity index (χ2v) is 4.84. The van der Waals surface area contributed by atoms with Crippen molar-refractivity contribution >= 4 is 0 Å². The predicted molar refractivity (Wildman–Crippen MR) is 76.1 cm³/mol. The fraction of sp³-hybridized carbons (Fsp3) is 0.533. The monoisotopic (exact) mass is 261 g/mol. The van der Waals surface area contributed by atoms with Gasteiger partial charge in [-0.1, -0.05) is 6.92 Å². The quantitative estimate of drug-likeness (QED) is 0.794. The van der Waals surface area contributed by atoms with Gasteiger partial charge in [0.15, 0.2) is 0 Å². The second-order valence-electron chi connectivity index (χ2n) is 4.84. The average Bonchev–Trinajstić information content (AvgIpc) is 3.07. The molecular weight excluding hydrogens is 238 g/mol. The number of hydrogen-bond acceptors (Lipinski definition) is 3. The first kappa shape index (κ1) is 13.9. The number of nitrogens with zero attached hydrogens (tertiary/aromatic N) is 2. The number of aromatic nitrogens is 2. The summed E-state index contributed by atoms with van der Waals surface area (Å²) >= 11 is 0. The van der Waals surface area contributed by atoms with E-state index < -0.39 is 0 Å². The Kier molecular flexibility index (Phi) is 5.21. The summed E-state index contributed by atoms with van der Waals surface area (Å²) in [6, 6.07) is 4.41. The van der Waals surface area contributed by atoms with Gasteiger partial charge in [-0.15, -0.1) is 0 Å². The lowest BCUT2D eigenvalue weighted by atomic mass is 10.1. The van der Waals surface area contributed by atoms with Gasteiger partial charge in [0.1, 0.15) is 11.6 Å². The van der Waals surface area contributed by atoms with E-state index in [1.807, 2.05) is 25.4 Å². The van der Waals surface area contributed by atoms with Gasteiger partial charge in [0.25, 0.3) is 0 Å². The summed E-state index contributed by atoms with van der Waals surface area (Å²) in [6.07, 6.45) is 9.82. The van der Waals surface area contributed by atoms with Gasteiger partial charge >= 0.3 is 0 Å². The van der Waals surface area contributed by atoms with Crippen LogP contribution in [0.4, 0.5) is 0 Å². The molecule has 0 aromatic carbocycles. The Labute approximate surface area is 114 Å². The molecule has 1 atom stereocenters. The molecule has 0 amide bonds. The van der Waals surface area contributed by atoms with Gasteiger partial charge in [-0.2, -0.15) is 0 Å². The number of rotatable bonds is 8. The highest BCUT2D eigenvalue weighted by Crippen LogP contribution is 2.10. The Morgan fingerprint density at radius 1 is 1.47 bits per heavy atom. The van der Waals surface area contributed by atoms with Crippen molar-refractivity contribution in [1.29, 1.82) is 0 Å². The van der Waals surface area contributed by atoms with Crippen molar-refractivity contribution in [1.82, 2.24) is 14.9 Å². The van der Waals surface area contributed by atoms with Crippen molar-refractivity contribution in [2.24, 2.45) is 0 Å². The molecule has 0 spiro atoms. The molecule has 1 unspecified atom stereocenters. The topological polar surface area (TPSA) is 43.0 Å². The molecule has 2 heterocycles. The second kappa shape index (κ2) is 7.14. The summed E-state index contributed by atoms with van der Waals surface area (Å²) < 4.78 is 7.62. The van der Waals surface area contributed by atoms with Crippen LogP contribution < -0.4 is 5.32 Å². The maximum absolute atomic E-state index is 5.38. The average molecular weight is 261 g/mol. The van der Waals surface area contributed by atoms with Crippen molar-refractivity contribution in [3.63, 3.8) is 0 Å². The van der Waals surface area contributed by atoms with E-state index in [0.717, 1.165) is 38.0 Å². The maximum atomic E-state index is 5.38. The van der Waals surface area contributed by atoms with Crippen molar-refractivity contribution < 1.29 is 4.42 Å². The highest BCUT2D eigenvalue weighted by Gasteiger charge is 2.12. The Morgan fingerprint density at radius 3 is 3.05 bits per heavy atom. The Morgan fingerprint density at radius 2 is 2.37 bits per heavy atom. The molecule has 0 bridgehead atoms. The van der Waals surface area contributed by atoms with Gasteiger partial charge in [-0.05, 0) is 32.0 Å². The van der Waals surface area contributed by atoms with Gasteiger partial charge < -0.3 is 14.3 Å². The molecule has 0 aliphatic rings. The van der Waals surface area contributed by atoms with Gasteiger partial charge in [0.05, 0.1) is 6.26 Å². The fourth-order valence-electron chi connectivity index (χ4n) is 2.31. The van der Waals surface area contributed by atoms with E-state index in [0.29, 0.717) is 6.04 Å². The number of likely N-dealkylation sites (N-methyl/N-ethyl adjacent to an activating group) is 1. The molecule has 2 aromatic heterocycles. The van der Waals surface area contributed by atoms with Crippen LogP contribution in [0.25, 0.3) is 0 Å². The Balaban J connectivity index is 1.89. The molecule has 0 saturated carbocycles. The van der Waals surface area contributed by atoms with Crippen LogP contribution in [-0.4, -0.2) is 22.6 Å². The van der Waals surface area contributed by atoms with Gasteiger partial charge in [0.2, 0.25) is 0 Å². The van der Waals surface area contributed by atoms with Crippen molar-refractivity contribution in [2.45, 2.75) is 45.2 Å². The standard InChI is InChI=1S/C15H23N3O/c1-3-9-18-10-8-17-15(18)12-13(16-2)6-7-14-5-4-11-19-14/h4-5,8,10-11,13,16H,3,6-7,9,12H2,1-2H3. The summed E-state index contributed by atoms with van der Waals surface area (Å²) in [5.41, 5.74) is 0. The Bertz CT molecular complexity index is 461. The molecule has 0 aliphatic carbocycles. The van der Waals surface area contributed by atoms with E-state index in [-0.39, 0.29) is 0 Å². The van der Waals surface area contributed by atoms with Crippen LogP contribution in [0.15, 0.2) is 35.2 Å². The first-order chi connectivity index (χ1) is 9.33. The van der Waals surface area contributed by atoms with Crippen LogP contribution in [0.5, 0.6) is 0 Å². The molecular formula is C15H23N3O. The third-order valence-electron chi connectivity index (χ3n) is 3.42. The molecule has 1 N–H and O–H groups in total. The first-order valence-corrected chi connectivity index (χ1v) is 7.03. The summed E-state index contributed by atoms with van der Waals surface area (Å²) in [7, 11) is 2.01. The predicted octanol–water partition coefficient (Wildman–Crippen LogP) is 2.65. The van der Waals surface area contributed by atoms with E-state index in [2.05, 4.69) is 28.0 Å². The third kappa shape index (κ3) is 3.96. The molecule has 4 heteroatoms. The summed E-state index contributed by atoms with van der Waals surface area (Å²) in [5.74, 6) is 2.22. The zero-order chi connectivity index (χ0) is 13.5. The maximum Gasteiger partial charge on any atom is 0.110 e. The van der Waals surface area contributed by atoms with E-state index in [4.69, 9.17) is 4.42 Å². The number of nitrogens with one attached hydrogen (secondary N) is 1. The van der Waals surface area contributed by atoms with Crippen molar-refractivity contribution in [3.8, 4) is 0 Å². The molecule has 0 saturated heterocycles. The molecule has 104 valence electrons. The SMILES string of the molecule is CCCn1ccnc1CC(CCc1ccco1)NC. The van der Waals surface area contributed by atoms with Crippen molar-refractivity contribution in [2.75, 3.05) is 7.05 Å². The summed E-state index contributed by atoms with van der Waals surface area (Å²) in [6.45, 7) is 3.24. The molecule has 0 fully saturated rings. The van der Waals surface area contributed by atoms with Crippen LogP contribution in [0.1, 0.15) is 31.4 Å².